The van der Waals surface area contributed by atoms with E-state index in [0.29, 0.717) is 10.5 Å². The van der Waals surface area contributed by atoms with Crippen molar-refractivity contribution in [2.75, 3.05) is 11.5 Å². The first-order valence-electron chi connectivity index (χ1n) is 4.20. The van der Waals surface area contributed by atoms with Gasteiger partial charge in [0.25, 0.3) is 0 Å². The van der Waals surface area contributed by atoms with Crippen molar-refractivity contribution < 1.29 is 0 Å². The first-order chi connectivity index (χ1) is 4.72. The van der Waals surface area contributed by atoms with Gasteiger partial charge in [-0.05, 0) is 38.2 Å². The molecule has 0 aliphatic rings. The normalized spacial score (nSPS) is 10.5. The summed E-state index contributed by atoms with van der Waals surface area (Å²) in [5, 5.41) is 0. The molecule has 0 saturated heterocycles. The van der Waals surface area contributed by atoms with Crippen LogP contribution in [0.25, 0.3) is 0 Å². The molecule has 1 heteroatoms. The van der Waals surface area contributed by atoms with Crippen molar-refractivity contribution in [1.29, 1.82) is 0 Å². The van der Waals surface area contributed by atoms with E-state index in [1.54, 1.807) is 4.86 Å². The summed E-state index contributed by atoms with van der Waals surface area (Å²) < 4.78 is 0. The molecule has 10 heavy (non-hydrogen) atoms. The minimum absolute atomic E-state index is 0.640. The molecule has 0 N–H and O–H groups in total. The van der Waals surface area contributed by atoms with Crippen LogP contribution in [0, 0.1) is 0 Å². The summed E-state index contributed by atoms with van der Waals surface area (Å²) in [6.07, 6.45) is 2.68. The molecule has 0 aromatic carbocycles. The number of rotatable bonds is 4. The molecule has 0 bridgehead atoms. The summed E-state index contributed by atoms with van der Waals surface area (Å²) in [6.45, 7) is 9.10. The molecule has 0 unspecified atom stereocenters. The Hall–Kier alpha value is 0.220. The fraction of sp³-hybridized carbons (Fsp3) is 0.889. The average Bonchev–Trinajstić information content (AvgIpc) is 1.87. The van der Waals surface area contributed by atoms with Gasteiger partial charge >= 0.3 is 0 Å². The summed E-state index contributed by atoms with van der Waals surface area (Å²) >= 11 is 0. The smallest absolute Gasteiger partial charge is 0.0120 e. The van der Waals surface area contributed by atoms with E-state index in [4.69, 9.17) is 0 Å². The highest BCUT2D eigenvalue weighted by molar-refractivity contribution is 8.15. The highest BCUT2D eigenvalue weighted by atomic mass is 32.2. The van der Waals surface area contributed by atoms with Gasteiger partial charge in [0.15, 0.2) is 0 Å². The molecule has 0 heterocycles. The fourth-order valence-corrected chi connectivity index (χ4v) is 3.01. The highest BCUT2D eigenvalue weighted by Gasteiger charge is 1.93. The van der Waals surface area contributed by atoms with Crippen LogP contribution in [0.5, 0.6) is 0 Å². The quantitative estimate of drug-likeness (QED) is 0.554. The molecule has 0 amide bonds. The van der Waals surface area contributed by atoms with Crippen molar-refractivity contribution in [3.63, 3.8) is 0 Å². The van der Waals surface area contributed by atoms with E-state index < -0.39 is 0 Å². The molecule has 0 atom stereocenters. The molecule has 0 aromatic heterocycles. The van der Waals surface area contributed by atoms with E-state index in [0.717, 1.165) is 0 Å². The second kappa shape index (κ2) is 5.96. The van der Waals surface area contributed by atoms with Gasteiger partial charge < -0.3 is 0 Å². The van der Waals surface area contributed by atoms with E-state index in [-0.39, 0.29) is 0 Å². The fourth-order valence-electron chi connectivity index (χ4n) is 1.00. The minimum atomic E-state index is 0.640. The lowest BCUT2D eigenvalue weighted by Gasteiger charge is -2.08. The summed E-state index contributed by atoms with van der Waals surface area (Å²) in [4.78, 5) is 1.64. The molecule has 0 rings (SSSR count). The lowest BCUT2D eigenvalue weighted by molar-refractivity contribution is 1.07. The second-order valence-corrected chi connectivity index (χ2v) is 5.43. The van der Waals surface area contributed by atoms with Crippen LogP contribution in [0.1, 0.15) is 40.5 Å². The van der Waals surface area contributed by atoms with Gasteiger partial charge in [-0.3, -0.25) is 0 Å². The first-order valence-corrected chi connectivity index (χ1v) is 5.76. The Morgan fingerprint density at radius 1 is 1.00 bits per heavy atom. The van der Waals surface area contributed by atoms with Crippen LogP contribution in [0.2, 0.25) is 0 Å². The molecule has 0 aromatic rings. The van der Waals surface area contributed by atoms with Crippen LogP contribution < -0.4 is 0 Å². The number of hydrogen-bond acceptors (Lipinski definition) is 0. The van der Waals surface area contributed by atoms with Gasteiger partial charge in [0.05, 0.1) is 0 Å². The third kappa shape index (κ3) is 4.10. The van der Waals surface area contributed by atoms with Gasteiger partial charge in [-0.25, -0.2) is 0 Å². The summed E-state index contributed by atoms with van der Waals surface area (Å²) in [6, 6.07) is 0. The molecule has 0 aliphatic carbocycles. The highest BCUT2D eigenvalue weighted by Crippen LogP contribution is 2.17. The van der Waals surface area contributed by atoms with E-state index in [9.17, 15) is 0 Å². The summed E-state index contributed by atoms with van der Waals surface area (Å²) in [7, 11) is 0.640. The Morgan fingerprint density at radius 2 is 1.40 bits per heavy atom. The van der Waals surface area contributed by atoms with Crippen molar-refractivity contribution in [3.05, 3.63) is 0 Å². The summed E-state index contributed by atoms with van der Waals surface area (Å²) in [5.74, 6) is 2.83. The van der Waals surface area contributed by atoms with E-state index in [2.05, 4.69) is 27.7 Å². The average molecular weight is 160 g/mol. The molecular weight excluding hydrogens is 140 g/mol. The molecule has 62 valence electrons. The lowest BCUT2D eigenvalue weighted by atomic mass is 10.6. The molecular formula is C9H20S. The van der Waals surface area contributed by atoms with Gasteiger partial charge in [0.1, 0.15) is 0 Å². The lowest BCUT2D eigenvalue weighted by Crippen LogP contribution is -1.92. The Balaban J connectivity index is 3.86. The molecule has 0 aliphatic heterocycles. The van der Waals surface area contributed by atoms with E-state index in [1.165, 1.54) is 24.3 Å². The van der Waals surface area contributed by atoms with Crippen molar-refractivity contribution in [3.8, 4) is 0 Å². The van der Waals surface area contributed by atoms with Gasteiger partial charge in [-0.1, -0.05) is 18.7 Å². The Morgan fingerprint density at radius 3 is 1.60 bits per heavy atom. The number of hydrogen-bond donors (Lipinski definition) is 0. The molecule has 0 saturated carbocycles. The first kappa shape index (κ1) is 10.2. The zero-order chi connectivity index (χ0) is 7.98. The van der Waals surface area contributed by atoms with Crippen LogP contribution in [0.4, 0.5) is 0 Å². The van der Waals surface area contributed by atoms with Gasteiger partial charge in [-0.15, -0.1) is 0 Å². The van der Waals surface area contributed by atoms with E-state index >= 15 is 0 Å². The third-order valence-corrected chi connectivity index (χ3v) is 4.44. The van der Waals surface area contributed by atoms with Crippen molar-refractivity contribution >= 4 is 15.3 Å². The molecule has 0 spiro atoms. The maximum Gasteiger partial charge on any atom is -0.0120 e. The topological polar surface area (TPSA) is 0 Å². The maximum atomic E-state index is 2.28. The SMILES string of the molecule is CCCS(CCC)=C(C)C. The Labute approximate surface area is 68.0 Å². The van der Waals surface area contributed by atoms with E-state index in [1.807, 2.05) is 0 Å². The zero-order valence-electron chi connectivity index (χ0n) is 7.74. The van der Waals surface area contributed by atoms with Gasteiger partial charge in [0.2, 0.25) is 0 Å². The molecule has 0 radical (unpaired) electrons. The standard InChI is InChI=1S/C9H20S/c1-5-7-10(8-6-2)9(3)4/h5-8H2,1-4H3. The van der Waals surface area contributed by atoms with Crippen molar-refractivity contribution in [2.45, 2.75) is 40.5 Å². The predicted molar refractivity (Wildman–Crippen MR) is 54.3 cm³/mol. The Bertz CT molecular complexity index is 102. The summed E-state index contributed by atoms with van der Waals surface area (Å²) in [5.41, 5.74) is 0. The van der Waals surface area contributed by atoms with Gasteiger partial charge in [0, 0.05) is 0 Å². The largest absolute Gasteiger partial charge is 0.187 e. The second-order valence-electron chi connectivity index (χ2n) is 2.81. The maximum absolute atomic E-state index is 2.28. The van der Waals surface area contributed by atoms with Crippen LogP contribution in [0.15, 0.2) is 0 Å². The third-order valence-electron chi connectivity index (χ3n) is 1.48. The molecule has 0 fully saturated rings. The van der Waals surface area contributed by atoms with Gasteiger partial charge in [-0.2, -0.15) is 10.5 Å². The minimum Gasteiger partial charge on any atom is -0.187 e. The van der Waals surface area contributed by atoms with Crippen LogP contribution in [0.3, 0.4) is 0 Å². The van der Waals surface area contributed by atoms with Crippen molar-refractivity contribution in [2.24, 2.45) is 0 Å². The zero-order valence-corrected chi connectivity index (χ0v) is 8.55. The van der Waals surface area contributed by atoms with Crippen LogP contribution >= 0.6 is 10.5 Å². The van der Waals surface area contributed by atoms with Crippen LogP contribution in [-0.4, -0.2) is 16.4 Å². The van der Waals surface area contributed by atoms with Crippen LogP contribution in [-0.2, 0) is 0 Å². The Kier molecular flexibility index (Phi) is 6.10. The predicted octanol–water partition coefficient (Wildman–Crippen LogP) is 3.29. The molecule has 0 nitrogen and oxygen atoms in total. The van der Waals surface area contributed by atoms with Crippen molar-refractivity contribution in [1.82, 2.24) is 0 Å². The monoisotopic (exact) mass is 160 g/mol.